The van der Waals surface area contributed by atoms with Gasteiger partial charge in [-0.3, -0.25) is 9.59 Å². The van der Waals surface area contributed by atoms with Gasteiger partial charge in [0, 0.05) is 12.5 Å². The van der Waals surface area contributed by atoms with E-state index < -0.39 is 11.9 Å². The molecular formula is C14H25NO3. The number of hydrogen-bond donors (Lipinski definition) is 2. The average Bonchev–Trinajstić information content (AvgIpc) is 2.28. The number of carboxylic acid groups (broad SMARTS) is 1. The molecule has 2 N–H and O–H groups in total. The van der Waals surface area contributed by atoms with Crippen LogP contribution in [0.25, 0.3) is 0 Å². The van der Waals surface area contributed by atoms with E-state index in [1.165, 1.54) is 19.3 Å². The van der Waals surface area contributed by atoms with Gasteiger partial charge in [-0.2, -0.15) is 0 Å². The smallest absolute Gasteiger partial charge is 0.308 e. The lowest BCUT2D eigenvalue weighted by molar-refractivity contribution is -0.141. The molecule has 1 rings (SSSR count). The highest BCUT2D eigenvalue weighted by molar-refractivity contribution is 5.79. The van der Waals surface area contributed by atoms with Crippen molar-refractivity contribution in [3.05, 3.63) is 0 Å². The molecule has 1 atom stereocenters. The lowest BCUT2D eigenvalue weighted by Crippen LogP contribution is -2.36. The van der Waals surface area contributed by atoms with Gasteiger partial charge >= 0.3 is 5.97 Å². The summed E-state index contributed by atoms with van der Waals surface area (Å²) in [6, 6.07) is 0. The number of nitrogens with one attached hydrogen (secondary N) is 1. The zero-order valence-electron chi connectivity index (χ0n) is 11.3. The molecule has 0 saturated heterocycles. The third-order valence-corrected chi connectivity index (χ3v) is 3.84. The molecule has 1 saturated carbocycles. The molecule has 1 aliphatic rings. The highest BCUT2D eigenvalue weighted by atomic mass is 16.4. The molecular weight excluding hydrogens is 230 g/mol. The highest BCUT2D eigenvalue weighted by Crippen LogP contribution is 2.22. The zero-order valence-corrected chi connectivity index (χ0v) is 11.3. The van der Waals surface area contributed by atoms with Crippen molar-refractivity contribution in [1.29, 1.82) is 0 Å². The highest BCUT2D eigenvalue weighted by Gasteiger charge is 2.21. The predicted octanol–water partition coefficient (Wildman–Crippen LogP) is 2.57. The van der Waals surface area contributed by atoms with Gasteiger partial charge in [-0.05, 0) is 19.3 Å². The third kappa shape index (κ3) is 5.07. The summed E-state index contributed by atoms with van der Waals surface area (Å²) in [7, 11) is 0. The predicted molar refractivity (Wildman–Crippen MR) is 70.2 cm³/mol. The maximum Gasteiger partial charge on any atom is 0.308 e. The average molecular weight is 255 g/mol. The monoisotopic (exact) mass is 255 g/mol. The van der Waals surface area contributed by atoms with Crippen molar-refractivity contribution in [1.82, 2.24) is 5.32 Å². The van der Waals surface area contributed by atoms with Crippen molar-refractivity contribution in [2.24, 2.45) is 11.8 Å². The summed E-state index contributed by atoms with van der Waals surface area (Å²) >= 11 is 0. The van der Waals surface area contributed by atoms with Gasteiger partial charge in [-0.1, -0.05) is 39.0 Å². The van der Waals surface area contributed by atoms with Crippen molar-refractivity contribution in [2.45, 2.75) is 58.3 Å². The largest absolute Gasteiger partial charge is 0.481 e. The van der Waals surface area contributed by atoms with E-state index in [-0.39, 0.29) is 18.4 Å². The molecule has 18 heavy (non-hydrogen) atoms. The Morgan fingerprint density at radius 1 is 1.17 bits per heavy atom. The van der Waals surface area contributed by atoms with Crippen molar-refractivity contribution in [2.75, 3.05) is 6.54 Å². The Kier molecular flexibility index (Phi) is 6.76. The number of amides is 1. The second-order valence-corrected chi connectivity index (χ2v) is 5.23. The summed E-state index contributed by atoms with van der Waals surface area (Å²) in [4.78, 5) is 22.9. The minimum Gasteiger partial charge on any atom is -0.481 e. The molecule has 0 aliphatic heterocycles. The molecule has 0 heterocycles. The van der Waals surface area contributed by atoms with Crippen molar-refractivity contribution < 1.29 is 14.7 Å². The van der Waals surface area contributed by atoms with Crippen LogP contribution in [0.1, 0.15) is 58.3 Å². The molecule has 0 bridgehead atoms. The van der Waals surface area contributed by atoms with Crippen LogP contribution in [0, 0.1) is 11.8 Å². The Balaban J connectivity index is 2.35. The fourth-order valence-corrected chi connectivity index (χ4v) is 2.49. The standard InChI is InChI=1S/C14H25NO3/c1-2-11(14(17)18)10-15-13(16)12-8-6-4-3-5-7-9-12/h11-12H,2-10H2,1H3,(H,15,16)(H,17,18). The summed E-state index contributed by atoms with van der Waals surface area (Å²) in [6.07, 6.45) is 8.42. The van der Waals surface area contributed by atoms with E-state index in [0.29, 0.717) is 6.42 Å². The summed E-state index contributed by atoms with van der Waals surface area (Å²) in [6.45, 7) is 2.10. The van der Waals surface area contributed by atoms with Crippen LogP contribution in [-0.2, 0) is 9.59 Å². The Hall–Kier alpha value is -1.06. The minimum absolute atomic E-state index is 0.0524. The second-order valence-electron chi connectivity index (χ2n) is 5.23. The van der Waals surface area contributed by atoms with Gasteiger partial charge in [0.2, 0.25) is 5.91 Å². The second kappa shape index (κ2) is 8.11. The van der Waals surface area contributed by atoms with Crippen LogP contribution in [0.2, 0.25) is 0 Å². The van der Waals surface area contributed by atoms with Crippen LogP contribution in [0.5, 0.6) is 0 Å². The lowest BCUT2D eigenvalue weighted by Gasteiger charge is -2.20. The topological polar surface area (TPSA) is 66.4 Å². The van der Waals surface area contributed by atoms with Gasteiger partial charge in [0.05, 0.1) is 5.92 Å². The molecule has 1 unspecified atom stereocenters. The molecule has 0 spiro atoms. The van der Waals surface area contributed by atoms with E-state index in [9.17, 15) is 9.59 Å². The number of rotatable bonds is 5. The fourth-order valence-electron chi connectivity index (χ4n) is 2.49. The van der Waals surface area contributed by atoms with Crippen LogP contribution >= 0.6 is 0 Å². The first-order valence-electron chi connectivity index (χ1n) is 7.15. The van der Waals surface area contributed by atoms with E-state index in [1.807, 2.05) is 6.92 Å². The number of carboxylic acids is 1. The summed E-state index contributed by atoms with van der Waals surface area (Å²) in [5.74, 6) is -1.13. The van der Waals surface area contributed by atoms with Crippen LogP contribution in [0.15, 0.2) is 0 Å². The van der Waals surface area contributed by atoms with Crippen LogP contribution in [-0.4, -0.2) is 23.5 Å². The number of aliphatic carboxylic acids is 1. The lowest BCUT2D eigenvalue weighted by atomic mass is 9.90. The quantitative estimate of drug-likeness (QED) is 0.793. The molecule has 1 aliphatic carbocycles. The van der Waals surface area contributed by atoms with Gasteiger partial charge in [0.15, 0.2) is 0 Å². The first-order valence-corrected chi connectivity index (χ1v) is 7.15. The molecule has 4 heteroatoms. The molecule has 0 aromatic carbocycles. The minimum atomic E-state index is -0.824. The molecule has 1 fully saturated rings. The maximum absolute atomic E-state index is 12.0. The Morgan fingerprint density at radius 3 is 2.22 bits per heavy atom. The summed E-state index contributed by atoms with van der Waals surface area (Å²) < 4.78 is 0. The third-order valence-electron chi connectivity index (χ3n) is 3.84. The van der Waals surface area contributed by atoms with E-state index in [4.69, 9.17) is 5.11 Å². The first-order chi connectivity index (χ1) is 8.65. The normalized spacial score (nSPS) is 19.6. The molecule has 1 amide bonds. The number of hydrogen-bond acceptors (Lipinski definition) is 2. The number of carbonyl (C=O) groups is 2. The van der Waals surface area contributed by atoms with Gasteiger partial charge in [-0.25, -0.2) is 0 Å². The van der Waals surface area contributed by atoms with E-state index in [0.717, 1.165) is 25.7 Å². The summed E-state index contributed by atoms with van der Waals surface area (Å²) in [5, 5.41) is 11.7. The molecule has 104 valence electrons. The van der Waals surface area contributed by atoms with E-state index in [1.54, 1.807) is 0 Å². The van der Waals surface area contributed by atoms with Gasteiger partial charge < -0.3 is 10.4 Å². The Bertz CT molecular complexity index is 270. The van der Waals surface area contributed by atoms with Gasteiger partial charge in [0.1, 0.15) is 0 Å². The maximum atomic E-state index is 12.0. The van der Waals surface area contributed by atoms with E-state index in [2.05, 4.69) is 5.32 Å². The molecule has 4 nitrogen and oxygen atoms in total. The van der Waals surface area contributed by atoms with Crippen molar-refractivity contribution in [3.63, 3.8) is 0 Å². The molecule has 0 aromatic heterocycles. The van der Waals surface area contributed by atoms with Crippen molar-refractivity contribution in [3.8, 4) is 0 Å². The van der Waals surface area contributed by atoms with Crippen LogP contribution in [0.4, 0.5) is 0 Å². The van der Waals surface area contributed by atoms with E-state index >= 15 is 0 Å². The Morgan fingerprint density at radius 2 is 1.72 bits per heavy atom. The van der Waals surface area contributed by atoms with Crippen LogP contribution < -0.4 is 5.32 Å². The SMILES string of the molecule is CCC(CNC(=O)C1CCCCCCC1)C(=O)O. The van der Waals surface area contributed by atoms with Gasteiger partial charge in [-0.15, -0.1) is 0 Å². The fraction of sp³-hybridized carbons (Fsp3) is 0.857. The van der Waals surface area contributed by atoms with Crippen molar-refractivity contribution >= 4 is 11.9 Å². The van der Waals surface area contributed by atoms with Gasteiger partial charge in [0.25, 0.3) is 0 Å². The first kappa shape index (κ1) is 15.0. The molecule has 0 radical (unpaired) electrons. The zero-order chi connectivity index (χ0) is 13.4. The number of carbonyl (C=O) groups excluding carboxylic acids is 1. The molecule has 0 aromatic rings. The Labute approximate surface area is 109 Å². The van der Waals surface area contributed by atoms with Crippen LogP contribution in [0.3, 0.4) is 0 Å². The summed E-state index contributed by atoms with van der Waals surface area (Å²) in [5.41, 5.74) is 0.